The minimum atomic E-state index is 0.294. The van der Waals surface area contributed by atoms with E-state index in [0.717, 1.165) is 42.8 Å². The van der Waals surface area contributed by atoms with Crippen LogP contribution in [0.3, 0.4) is 0 Å². The maximum atomic E-state index is 5.76. The van der Waals surface area contributed by atoms with Gasteiger partial charge in [0.25, 0.3) is 0 Å². The van der Waals surface area contributed by atoms with Gasteiger partial charge >= 0.3 is 0 Å². The molecule has 2 rings (SSSR count). The van der Waals surface area contributed by atoms with Gasteiger partial charge in [0.1, 0.15) is 11.3 Å². The van der Waals surface area contributed by atoms with Crippen molar-refractivity contribution >= 4 is 11.2 Å². The third-order valence-corrected chi connectivity index (χ3v) is 4.18. The van der Waals surface area contributed by atoms with Gasteiger partial charge in [-0.3, -0.25) is 0 Å². The number of nitrogens with two attached hydrogens (primary N) is 1. The van der Waals surface area contributed by atoms with Crippen molar-refractivity contribution in [1.29, 1.82) is 0 Å². The molecule has 0 aliphatic heterocycles. The predicted molar refractivity (Wildman–Crippen MR) is 83.4 cm³/mol. The topological polar surface area (TPSA) is 56.7 Å². The van der Waals surface area contributed by atoms with Crippen LogP contribution in [0.15, 0.2) is 18.3 Å². The first-order chi connectivity index (χ1) is 9.43. The van der Waals surface area contributed by atoms with Crippen LogP contribution in [0.4, 0.5) is 0 Å². The molecule has 2 heterocycles. The number of rotatable bonds is 5. The zero-order chi connectivity index (χ0) is 14.8. The number of fused-ring (bicyclic) bond motifs is 1. The van der Waals surface area contributed by atoms with Crippen LogP contribution in [0.2, 0.25) is 0 Å². The average molecular weight is 274 g/mol. The second-order valence-corrected chi connectivity index (χ2v) is 6.61. The Hall–Kier alpha value is -1.42. The van der Waals surface area contributed by atoms with E-state index in [4.69, 9.17) is 10.7 Å². The van der Waals surface area contributed by atoms with Crippen molar-refractivity contribution < 1.29 is 0 Å². The minimum absolute atomic E-state index is 0.294. The summed E-state index contributed by atoms with van der Waals surface area (Å²) in [5, 5.41) is 0. The van der Waals surface area contributed by atoms with E-state index in [1.165, 1.54) is 0 Å². The molecule has 0 aliphatic rings. The summed E-state index contributed by atoms with van der Waals surface area (Å²) >= 11 is 0. The summed E-state index contributed by atoms with van der Waals surface area (Å²) in [6.07, 6.45) is 5.00. The quantitative estimate of drug-likeness (QED) is 0.912. The van der Waals surface area contributed by atoms with Crippen LogP contribution < -0.4 is 5.73 Å². The molecule has 20 heavy (non-hydrogen) atoms. The van der Waals surface area contributed by atoms with E-state index in [1.54, 1.807) is 0 Å². The summed E-state index contributed by atoms with van der Waals surface area (Å²) in [5.41, 5.74) is 8.00. The largest absolute Gasteiger partial charge is 0.330 e. The predicted octanol–water partition coefficient (Wildman–Crippen LogP) is 2.91. The average Bonchev–Trinajstić information content (AvgIpc) is 2.71. The number of imidazole rings is 1. The van der Waals surface area contributed by atoms with Gasteiger partial charge in [0.15, 0.2) is 5.65 Å². The number of hydrogen-bond acceptors (Lipinski definition) is 3. The normalized spacial score (nSPS) is 13.8. The van der Waals surface area contributed by atoms with Gasteiger partial charge in [0.2, 0.25) is 0 Å². The molecule has 2 N–H and O–H groups in total. The molecule has 2 aromatic rings. The van der Waals surface area contributed by atoms with E-state index >= 15 is 0 Å². The number of hydrogen-bond donors (Lipinski definition) is 1. The molecule has 0 aromatic carbocycles. The Balaban J connectivity index is 2.14. The van der Waals surface area contributed by atoms with Crippen LogP contribution in [0.1, 0.15) is 39.4 Å². The molecule has 110 valence electrons. The van der Waals surface area contributed by atoms with Gasteiger partial charge in [-0.25, -0.2) is 9.97 Å². The number of nitrogens with zero attached hydrogens (tertiary/aromatic N) is 3. The molecule has 4 heteroatoms. The maximum Gasteiger partial charge on any atom is 0.159 e. The van der Waals surface area contributed by atoms with Crippen LogP contribution in [-0.4, -0.2) is 21.1 Å². The number of aryl methyl sites for hydroxylation is 2. The number of aromatic nitrogens is 3. The molecule has 1 atom stereocenters. The molecule has 0 saturated carbocycles. The smallest absolute Gasteiger partial charge is 0.159 e. The molecule has 0 aliphatic carbocycles. The summed E-state index contributed by atoms with van der Waals surface area (Å²) in [6.45, 7) is 7.64. The first-order valence-corrected chi connectivity index (χ1v) is 7.40. The maximum absolute atomic E-state index is 5.76. The van der Waals surface area contributed by atoms with E-state index in [1.807, 2.05) is 25.4 Å². The summed E-state index contributed by atoms with van der Waals surface area (Å²) < 4.78 is 2.11. The lowest BCUT2D eigenvalue weighted by Gasteiger charge is -2.30. The van der Waals surface area contributed by atoms with Crippen LogP contribution >= 0.6 is 0 Å². The Bertz CT molecular complexity index is 565. The van der Waals surface area contributed by atoms with E-state index in [-0.39, 0.29) is 0 Å². The highest BCUT2D eigenvalue weighted by atomic mass is 15.1. The molecule has 0 saturated heterocycles. The van der Waals surface area contributed by atoms with Crippen molar-refractivity contribution in [3.63, 3.8) is 0 Å². The first kappa shape index (κ1) is 15.0. The molecular formula is C16H26N4. The van der Waals surface area contributed by atoms with Crippen molar-refractivity contribution in [3.8, 4) is 0 Å². The molecule has 4 nitrogen and oxygen atoms in total. The Labute approximate surface area is 121 Å². The summed E-state index contributed by atoms with van der Waals surface area (Å²) in [7, 11) is 2.05. The zero-order valence-corrected chi connectivity index (χ0v) is 13.1. The highest BCUT2D eigenvalue weighted by Crippen LogP contribution is 2.32. The molecule has 0 fully saturated rings. The Morgan fingerprint density at radius 3 is 2.65 bits per heavy atom. The van der Waals surface area contributed by atoms with Crippen LogP contribution in [0.25, 0.3) is 11.2 Å². The van der Waals surface area contributed by atoms with Crippen molar-refractivity contribution in [3.05, 3.63) is 24.2 Å². The SMILES string of the molecule is Cn1c(CCC(CCN)C(C)(C)C)nc2cccnc21. The third kappa shape index (κ3) is 3.18. The molecule has 2 aromatic heterocycles. The monoisotopic (exact) mass is 274 g/mol. The zero-order valence-electron chi connectivity index (χ0n) is 13.1. The van der Waals surface area contributed by atoms with Crippen molar-refractivity contribution in [1.82, 2.24) is 14.5 Å². The summed E-state index contributed by atoms with van der Waals surface area (Å²) in [5.74, 6) is 1.74. The molecule has 1 unspecified atom stereocenters. The Kier molecular flexibility index (Phi) is 4.43. The molecule has 0 spiro atoms. The van der Waals surface area contributed by atoms with Crippen molar-refractivity contribution in [2.75, 3.05) is 6.54 Å². The highest BCUT2D eigenvalue weighted by Gasteiger charge is 2.24. The molecule has 0 amide bonds. The first-order valence-electron chi connectivity index (χ1n) is 7.40. The summed E-state index contributed by atoms with van der Waals surface area (Å²) in [4.78, 5) is 9.09. The lowest BCUT2D eigenvalue weighted by atomic mass is 9.76. The minimum Gasteiger partial charge on any atom is -0.330 e. The second-order valence-electron chi connectivity index (χ2n) is 6.61. The van der Waals surface area contributed by atoms with E-state index in [0.29, 0.717) is 11.3 Å². The fourth-order valence-electron chi connectivity index (χ4n) is 2.81. The van der Waals surface area contributed by atoms with Crippen molar-refractivity contribution in [2.45, 2.75) is 40.0 Å². The number of pyridine rings is 1. The van der Waals surface area contributed by atoms with Gasteiger partial charge in [-0.1, -0.05) is 20.8 Å². The lowest BCUT2D eigenvalue weighted by Crippen LogP contribution is -2.24. The van der Waals surface area contributed by atoms with Gasteiger partial charge in [0, 0.05) is 19.7 Å². The fourth-order valence-corrected chi connectivity index (χ4v) is 2.81. The van der Waals surface area contributed by atoms with Gasteiger partial charge in [-0.2, -0.15) is 0 Å². The van der Waals surface area contributed by atoms with E-state index < -0.39 is 0 Å². The molecule has 0 radical (unpaired) electrons. The van der Waals surface area contributed by atoms with Gasteiger partial charge in [-0.15, -0.1) is 0 Å². The van der Waals surface area contributed by atoms with Gasteiger partial charge in [-0.05, 0) is 42.9 Å². The Morgan fingerprint density at radius 1 is 1.30 bits per heavy atom. The molecule has 0 bridgehead atoms. The van der Waals surface area contributed by atoms with Crippen molar-refractivity contribution in [2.24, 2.45) is 24.1 Å². The second kappa shape index (κ2) is 5.92. The Morgan fingerprint density at radius 2 is 2.05 bits per heavy atom. The highest BCUT2D eigenvalue weighted by molar-refractivity contribution is 5.70. The van der Waals surface area contributed by atoms with E-state index in [9.17, 15) is 0 Å². The van der Waals surface area contributed by atoms with Gasteiger partial charge < -0.3 is 10.3 Å². The van der Waals surface area contributed by atoms with Crippen LogP contribution in [-0.2, 0) is 13.5 Å². The van der Waals surface area contributed by atoms with Gasteiger partial charge in [0.05, 0.1) is 0 Å². The van der Waals surface area contributed by atoms with Crippen LogP contribution in [0, 0.1) is 11.3 Å². The third-order valence-electron chi connectivity index (χ3n) is 4.18. The lowest BCUT2D eigenvalue weighted by molar-refractivity contribution is 0.213. The van der Waals surface area contributed by atoms with E-state index in [2.05, 4.69) is 30.3 Å². The standard InChI is InChI=1S/C16H26N4/c1-16(2,3)12(9-10-17)7-8-14-19-13-6-5-11-18-15(13)20(14)4/h5-6,11-12H,7-10,17H2,1-4H3. The molecular weight excluding hydrogens is 248 g/mol. The fraction of sp³-hybridized carbons (Fsp3) is 0.625. The summed E-state index contributed by atoms with van der Waals surface area (Å²) in [6, 6.07) is 3.96. The van der Waals surface area contributed by atoms with Crippen LogP contribution in [0.5, 0.6) is 0 Å².